The van der Waals surface area contributed by atoms with Crippen LogP contribution in [-0.4, -0.2) is 6.71 Å². The van der Waals surface area contributed by atoms with Crippen LogP contribution in [0.4, 0.5) is 17.1 Å². The Hall–Kier alpha value is -6.78. The minimum atomic E-state index is -0.295. The van der Waals surface area contributed by atoms with Gasteiger partial charge in [-0.3, -0.25) is 0 Å². The van der Waals surface area contributed by atoms with Gasteiger partial charge in [-0.15, -0.1) is 0 Å². The van der Waals surface area contributed by atoms with Gasteiger partial charge in [0.05, 0.1) is 5.69 Å². The van der Waals surface area contributed by atoms with Gasteiger partial charge in [0.15, 0.2) is 0 Å². The summed E-state index contributed by atoms with van der Waals surface area (Å²) in [7, 11) is 0. The van der Waals surface area contributed by atoms with Crippen LogP contribution >= 0.6 is 0 Å². The molecule has 55 heavy (non-hydrogen) atoms. The van der Waals surface area contributed by atoms with Gasteiger partial charge in [-0.25, -0.2) is 0 Å². The van der Waals surface area contributed by atoms with E-state index >= 15 is 0 Å². The van der Waals surface area contributed by atoms with Crippen LogP contribution in [0.25, 0.3) is 43.4 Å². The highest BCUT2D eigenvalue weighted by Crippen LogP contribution is 2.55. The predicted octanol–water partition coefficient (Wildman–Crippen LogP) is 11.6. The zero-order valence-electron chi connectivity index (χ0n) is 30.5. The average Bonchev–Trinajstić information content (AvgIpc) is 3.45. The van der Waals surface area contributed by atoms with E-state index in [1.165, 1.54) is 65.8 Å². The second kappa shape index (κ2) is 11.1. The van der Waals surface area contributed by atoms with Crippen LogP contribution < -0.4 is 30.8 Å². The van der Waals surface area contributed by atoms with Crippen molar-refractivity contribution in [3.63, 3.8) is 0 Å². The molecule has 0 saturated heterocycles. The van der Waals surface area contributed by atoms with Crippen molar-refractivity contribution >= 4 is 72.5 Å². The Bertz CT molecular complexity index is 3040. The van der Waals surface area contributed by atoms with Crippen molar-refractivity contribution < 1.29 is 9.47 Å². The van der Waals surface area contributed by atoms with Crippen LogP contribution in [0.3, 0.4) is 0 Å². The van der Waals surface area contributed by atoms with Gasteiger partial charge in [-0.2, -0.15) is 0 Å². The van der Waals surface area contributed by atoms with Crippen molar-refractivity contribution in [3.8, 4) is 34.1 Å². The summed E-state index contributed by atoms with van der Waals surface area (Å²) in [6.45, 7) is 4.72. The van der Waals surface area contributed by atoms with E-state index in [-0.39, 0.29) is 12.1 Å². The smallest absolute Gasteiger partial charge is 0.261 e. The van der Waals surface area contributed by atoms with Crippen LogP contribution in [-0.2, 0) is 5.41 Å². The Morgan fingerprint density at radius 3 is 1.71 bits per heavy atom. The number of fused-ring (bicyclic) bond motifs is 14. The van der Waals surface area contributed by atoms with Gasteiger partial charge in [0, 0.05) is 33.0 Å². The molecule has 0 N–H and O–H groups in total. The number of nitrogens with zero attached hydrogens (tertiary/aromatic N) is 1. The molecular weight excluding hydrogens is 669 g/mol. The zero-order valence-corrected chi connectivity index (χ0v) is 30.5. The Morgan fingerprint density at radius 2 is 1.02 bits per heavy atom. The number of para-hydroxylation sites is 2. The lowest BCUT2D eigenvalue weighted by Crippen LogP contribution is -2.57. The van der Waals surface area contributed by atoms with Crippen molar-refractivity contribution in [2.24, 2.45) is 0 Å². The van der Waals surface area contributed by atoms with Gasteiger partial charge in [-0.05, 0) is 103 Å². The fourth-order valence-corrected chi connectivity index (χ4v) is 9.89. The third kappa shape index (κ3) is 4.17. The quantitative estimate of drug-likeness (QED) is 0.135. The van der Waals surface area contributed by atoms with Gasteiger partial charge in [0.2, 0.25) is 0 Å². The third-order valence-electron chi connectivity index (χ3n) is 12.3. The maximum absolute atomic E-state index is 6.95. The average molecular weight is 704 g/mol. The second-order valence-electron chi connectivity index (χ2n) is 15.6. The molecule has 12 rings (SSSR count). The number of hydrogen-bond donors (Lipinski definition) is 0. The van der Waals surface area contributed by atoms with Crippen molar-refractivity contribution in [1.29, 1.82) is 0 Å². The molecule has 0 fully saturated rings. The van der Waals surface area contributed by atoms with Crippen LogP contribution in [0, 0.1) is 0 Å². The molecule has 258 valence electrons. The van der Waals surface area contributed by atoms with E-state index < -0.39 is 0 Å². The molecule has 0 saturated carbocycles. The summed E-state index contributed by atoms with van der Waals surface area (Å²) >= 11 is 0. The van der Waals surface area contributed by atoms with Gasteiger partial charge < -0.3 is 14.4 Å². The fraction of sp³-hybridized carbons (Fsp3) is 0.0588. The summed E-state index contributed by atoms with van der Waals surface area (Å²) < 4.78 is 13.9. The minimum Gasteiger partial charge on any atom is -0.458 e. The van der Waals surface area contributed by atoms with E-state index in [2.05, 4.69) is 189 Å². The molecular formula is C51H34BNO2. The molecule has 2 heterocycles. The van der Waals surface area contributed by atoms with E-state index in [4.69, 9.17) is 9.47 Å². The van der Waals surface area contributed by atoms with E-state index in [1.807, 2.05) is 0 Å². The highest BCUT2D eigenvalue weighted by molar-refractivity contribution is 7.00. The standard InChI is InChI=1S/C51H34BNO2/c1-51(2)40-29-42-46(54-44-26-15-27-45-49(44)52(42)48-37-24-13-9-20-33(37)34-21-10-14-25-38(34)50(48)55-45)28-39(40)47-36-23-12-11-22-35(36)43(30-41(47)51)53(31-16-5-3-6-17-31)32-18-7-4-8-19-32/h3-30H,1-2H3. The number of anilines is 3. The summed E-state index contributed by atoms with van der Waals surface area (Å²) in [6, 6.07) is 61.3. The second-order valence-corrected chi connectivity index (χ2v) is 15.6. The third-order valence-corrected chi connectivity index (χ3v) is 12.3. The summed E-state index contributed by atoms with van der Waals surface area (Å²) in [5.74, 6) is 3.57. The highest BCUT2D eigenvalue weighted by Gasteiger charge is 2.45. The molecule has 0 unspecified atom stereocenters. The van der Waals surface area contributed by atoms with Crippen LogP contribution in [0.5, 0.6) is 23.0 Å². The maximum Gasteiger partial charge on any atom is 0.261 e. The summed E-state index contributed by atoms with van der Waals surface area (Å²) in [4.78, 5) is 2.41. The minimum absolute atomic E-state index is 0.0584. The topological polar surface area (TPSA) is 21.7 Å². The molecule has 0 radical (unpaired) electrons. The van der Waals surface area contributed by atoms with Crippen molar-refractivity contribution in [3.05, 3.63) is 181 Å². The lowest BCUT2D eigenvalue weighted by atomic mass is 9.34. The van der Waals surface area contributed by atoms with Gasteiger partial charge in [-0.1, -0.05) is 135 Å². The zero-order chi connectivity index (χ0) is 36.4. The first-order valence-electron chi connectivity index (χ1n) is 19.1. The molecule has 1 aliphatic carbocycles. The highest BCUT2D eigenvalue weighted by atomic mass is 16.5. The Labute approximate surface area is 320 Å². The van der Waals surface area contributed by atoms with Gasteiger partial charge in [0.1, 0.15) is 23.0 Å². The van der Waals surface area contributed by atoms with E-state index in [0.717, 1.165) is 45.2 Å². The molecule has 2 aliphatic heterocycles. The molecule has 4 heteroatoms. The van der Waals surface area contributed by atoms with E-state index in [0.29, 0.717) is 0 Å². The van der Waals surface area contributed by atoms with E-state index in [9.17, 15) is 0 Å². The van der Waals surface area contributed by atoms with Crippen molar-refractivity contribution in [2.75, 3.05) is 4.90 Å². The monoisotopic (exact) mass is 703 g/mol. The molecule has 0 atom stereocenters. The summed E-state index contributed by atoms with van der Waals surface area (Å²) in [5, 5.41) is 7.25. The first-order valence-corrected chi connectivity index (χ1v) is 19.1. The van der Waals surface area contributed by atoms with Crippen LogP contribution in [0.1, 0.15) is 25.0 Å². The summed E-state index contributed by atoms with van der Waals surface area (Å²) in [6.07, 6.45) is 0. The predicted molar refractivity (Wildman–Crippen MR) is 229 cm³/mol. The number of ether oxygens (including phenoxy) is 2. The number of rotatable bonds is 3. The molecule has 0 spiro atoms. The molecule has 9 aromatic rings. The Kier molecular flexibility index (Phi) is 6.20. The molecule has 0 amide bonds. The lowest BCUT2D eigenvalue weighted by Gasteiger charge is -2.35. The maximum atomic E-state index is 6.95. The first-order chi connectivity index (χ1) is 27.1. The normalized spacial score (nSPS) is 14.0. The fourth-order valence-electron chi connectivity index (χ4n) is 9.89. The number of hydrogen-bond acceptors (Lipinski definition) is 3. The summed E-state index contributed by atoms with van der Waals surface area (Å²) in [5.41, 5.74) is 11.8. The van der Waals surface area contributed by atoms with Crippen molar-refractivity contribution in [2.45, 2.75) is 19.3 Å². The number of benzene rings is 9. The van der Waals surface area contributed by atoms with Gasteiger partial charge >= 0.3 is 0 Å². The van der Waals surface area contributed by atoms with Crippen LogP contribution in [0.2, 0.25) is 0 Å². The van der Waals surface area contributed by atoms with Crippen molar-refractivity contribution in [1.82, 2.24) is 0 Å². The molecule has 0 bridgehead atoms. The molecule has 0 aromatic heterocycles. The van der Waals surface area contributed by atoms with Gasteiger partial charge in [0.25, 0.3) is 6.71 Å². The Morgan fingerprint density at radius 1 is 0.455 bits per heavy atom. The molecule has 9 aromatic carbocycles. The van der Waals surface area contributed by atoms with Crippen LogP contribution in [0.15, 0.2) is 170 Å². The SMILES string of the molecule is CC1(C)c2cc3c(cc2-c2c1cc(N(c1ccccc1)c1ccccc1)c1ccccc21)Oc1cccc2c1B3c1c(c3ccccc3c3ccccc13)O2. The van der Waals surface area contributed by atoms with E-state index in [1.54, 1.807) is 0 Å². The Balaban J connectivity index is 1.13. The molecule has 3 nitrogen and oxygen atoms in total. The molecule has 3 aliphatic rings. The lowest BCUT2D eigenvalue weighted by molar-refractivity contribution is 0.467. The first kappa shape index (κ1) is 30.7. The largest absolute Gasteiger partial charge is 0.458 e.